The zero-order chi connectivity index (χ0) is 13.8. The zero-order valence-electron chi connectivity index (χ0n) is 10.2. The molecule has 0 amide bonds. The number of nitrogens with two attached hydrogens (primary N) is 1. The summed E-state index contributed by atoms with van der Waals surface area (Å²) in [7, 11) is 0. The van der Waals surface area contributed by atoms with Crippen molar-refractivity contribution in [3.63, 3.8) is 0 Å². The minimum atomic E-state index is -0.201. The second-order valence-electron chi connectivity index (χ2n) is 4.53. The van der Waals surface area contributed by atoms with Gasteiger partial charge in [0.25, 0.3) is 0 Å². The third-order valence-corrected chi connectivity index (χ3v) is 3.86. The van der Waals surface area contributed by atoms with Gasteiger partial charge in [0, 0.05) is 15.0 Å². The summed E-state index contributed by atoms with van der Waals surface area (Å²) >= 11 is 6.78. The maximum atomic E-state index is 13.6. The second kappa shape index (κ2) is 6.64. The lowest BCUT2D eigenvalue weighted by atomic mass is 9.99. The molecule has 2 aromatic rings. The van der Waals surface area contributed by atoms with Crippen LogP contribution in [0.15, 0.2) is 51.4 Å². The molecule has 2 rings (SSSR count). The monoisotopic (exact) mass is 385 g/mol. The van der Waals surface area contributed by atoms with Crippen molar-refractivity contribution in [2.45, 2.75) is 18.9 Å². The molecule has 1 nitrogen and oxygen atoms in total. The Bertz CT molecular complexity index is 572. The number of hydrogen-bond acceptors (Lipinski definition) is 1. The van der Waals surface area contributed by atoms with Crippen LogP contribution in [0.25, 0.3) is 0 Å². The van der Waals surface area contributed by atoms with Crippen LogP contribution in [-0.2, 0) is 12.8 Å². The third-order valence-electron chi connectivity index (χ3n) is 2.88. The molecule has 0 heterocycles. The molecule has 0 fully saturated rings. The van der Waals surface area contributed by atoms with E-state index in [4.69, 9.17) is 5.73 Å². The van der Waals surface area contributed by atoms with Gasteiger partial charge in [0.2, 0.25) is 0 Å². The molecular formula is C15H14Br2FN. The highest BCUT2D eigenvalue weighted by molar-refractivity contribution is 9.10. The predicted molar refractivity (Wildman–Crippen MR) is 83.6 cm³/mol. The summed E-state index contributed by atoms with van der Waals surface area (Å²) in [6.07, 6.45) is 1.25. The van der Waals surface area contributed by atoms with Crippen LogP contribution in [0.2, 0.25) is 0 Å². The van der Waals surface area contributed by atoms with Crippen molar-refractivity contribution >= 4 is 31.9 Å². The van der Waals surface area contributed by atoms with Crippen molar-refractivity contribution in [2.75, 3.05) is 0 Å². The molecule has 0 aliphatic heterocycles. The summed E-state index contributed by atoms with van der Waals surface area (Å²) in [4.78, 5) is 0. The first kappa shape index (κ1) is 14.7. The Hall–Kier alpha value is -0.710. The normalized spacial score (nSPS) is 12.4. The van der Waals surface area contributed by atoms with Gasteiger partial charge in [-0.05, 0) is 54.3 Å². The smallest absolute Gasteiger partial charge is 0.126 e. The molecule has 0 aliphatic rings. The molecule has 0 aliphatic carbocycles. The topological polar surface area (TPSA) is 26.0 Å². The first-order chi connectivity index (χ1) is 9.04. The van der Waals surface area contributed by atoms with E-state index in [0.29, 0.717) is 12.0 Å². The van der Waals surface area contributed by atoms with Crippen molar-refractivity contribution in [1.82, 2.24) is 0 Å². The van der Waals surface area contributed by atoms with Crippen LogP contribution in [0.4, 0.5) is 4.39 Å². The van der Waals surface area contributed by atoms with Gasteiger partial charge in [-0.2, -0.15) is 0 Å². The van der Waals surface area contributed by atoms with Gasteiger partial charge < -0.3 is 5.73 Å². The van der Waals surface area contributed by atoms with E-state index in [1.807, 2.05) is 24.3 Å². The Balaban J connectivity index is 2.05. The maximum Gasteiger partial charge on any atom is 0.126 e. The summed E-state index contributed by atoms with van der Waals surface area (Å²) in [5.41, 5.74) is 7.91. The molecule has 0 aromatic heterocycles. The highest BCUT2D eigenvalue weighted by Crippen LogP contribution is 2.18. The van der Waals surface area contributed by atoms with Gasteiger partial charge in [0.1, 0.15) is 5.82 Å². The lowest BCUT2D eigenvalue weighted by molar-refractivity contribution is 0.583. The lowest BCUT2D eigenvalue weighted by Crippen LogP contribution is -2.26. The first-order valence-corrected chi connectivity index (χ1v) is 7.57. The van der Waals surface area contributed by atoms with Gasteiger partial charge >= 0.3 is 0 Å². The van der Waals surface area contributed by atoms with E-state index < -0.39 is 0 Å². The highest BCUT2D eigenvalue weighted by Gasteiger charge is 2.10. The molecular weight excluding hydrogens is 373 g/mol. The number of hydrogen-bond donors (Lipinski definition) is 1. The van der Waals surface area contributed by atoms with Crippen LogP contribution in [0.1, 0.15) is 11.1 Å². The maximum absolute atomic E-state index is 13.6. The Kier molecular flexibility index (Phi) is 5.13. The van der Waals surface area contributed by atoms with E-state index in [0.717, 1.165) is 20.9 Å². The van der Waals surface area contributed by atoms with E-state index in [1.165, 1.54) is 6.07 Å². The lowest BCUT2D eigenvalue weighted by Gasteiger charge is -2.13. The Morgan fingerprint density at radius 1 is 1.00 bits per heavy atom. The van der Waals surface area contributed by atoms with Crippen LogP contribution in [-0.4, -0.2) is 6.04 Å². The predicted octanol–water partition coefficient (Wildman–Crippen LogP) is 4.46. The van der Waals surface area contributed by atoms with E-state index in [9.17, 15) is 4.39 Å². The summed E-state index contributed by atoms with van der Waals surface area (Å²) in [6, 6.07) is 12.9. The Labute approximate surface area is 129 Å². The van der Waals surface area contributed by atoms with Gasteiger partial charge in [0.05, 0.1) is 0 Å². The van der Waals surface area contributed by atoms with Gasteiger partial charge in [-0.15, -0.1) is 0 Å². The van der Waals surface area contributed by atoms with Gasteiger partial charge in [-0.25, -0.2) is 4.39 Å². The Morgan fingerprint density at radius 2 is 1.74 bits per heavy atom. The van der Waals surface area contributed by atoms with Crippen molar-refractivity contribution < 1.29 is 4.39 Å². The van der Waals surface area contributed by atoms with Crippen LogP contribution < -0.4 is 5.73 Å². The molecule has 1 atom stereocenters. The van der Waals surface area contributed by atoms with Crippen molar-refractivity contribution in [2.24, 2.45) is 5.73 Å². The molecule has 0 radical (unpaired) electrons. The van der Waals surface area contributed by atoms with Gasteiger partial charge in [-0.3, -0.25) is 0 Å². The van der Waals surface area contributed by atoms with Crippen molar-refractivity contribution in [1.29, 1.82) is 0 Å². The fourth-order valence-corrected chi connectivity index (χ4v) is 2.88. The summed E-state index contributed by atoms with van der Waals surface area (Å²) < 4.78 is 15.6. The number of benzene rings is 2. The van der Waals surface area contributed by atoms with E-state index in [1.54, 1.807) is 12.1 Å². The fraction of sp³-hybridized carbons (Fsp3) is 0.200. The standard InChI is InChI=1S/C15H14Br2FN/c16-12-3-1-2-10(6-12)7-14(19)9-11-8-13(17)4-5-15(11)18/h1-6,8,14H,7,9,19H2. The van der Waals surface area contributed by atoms with Gasteiger partial charge in [0.15, 0.2) is 0 Å². The SMILES string of the molecule is NC(Cc1cccc(Br)c1)Cc1cc(Br)ccc1F. The minimum absolute atomic E-state index is 0.0990. The molecule has 0 saturated carbocycles. The molecule has 2 N–H and O–H groups in total. The molecule has 0 saturated heterocycles. The number of rotatable bonds is 4. The Morgan fingerprint density at radius 3 is 2.47 bits per heavy atom. The van der Waals surface area contributed by atoms with Crippen LogP contribution in [0.5, 0.6) is 0 Å². The van der Waals surface area contributed by atoms with Crippen molar-refractivity contribution in [3.8, 4) is 0 Å². The largest absolute Gasteiger partial charge is 0.327 e. The van der Waals surface area contributed by atoms with Crippen LogP contribution >= 0.6 is 31.9 Å². The quantitative estimate of drug-likeness (QED) is 0.824. The van der Waals surface area contributed by atoms with Gasteiger partial charge in [-0.1, -0.05) is 44.0 Å². The van der Waals surface area contributed by atoms with Crippen LogP contribution in [0, 0.1) is 5.82 Å². The number of halogens is 3. The first-order valence-electron chi connectivity index (χ1n) is 5.98. The highest BCUT2D eigenvalue weighted by atomic mass is 79.9. The minimum Gasteiger partial charge on any atom is -0.327 e. The summed E-state index contributed by atoms with van der Waals surface area (Å²) in [5, 5.41) is 0. The molecule has 1 unspecified atom stereocenters. The molecule has 100 valence electrons. The molecule has 4 heteroatoms. The molecule has 19 heavy (non-hydrogen) atoms. The average Bonchev–Trinajstić information content (AvgIpc) is 2.34. The zero-order valence-corrected chi connectivity index (χ0v) is 13.4. The van der Waals surface area contributed by atoms with Crippen molar-refractivity contribution in [3.05, 3.63) is 68.4 Å². The average molecular weight is 387 g/mol. The van der Waals surface area contributed by atoms with E-state index >= 15 is 0 Å². The second-order valence-corrected chi connectivity index (χ2v) is 6.37. The third kappa shape index (κ3) is 4.41. The summed E-state index contributed by atoms with van der Waals surface area (Å²) in [6.45, 7) is 0. The van der Waals surface area contributed by atoms with Crippen LogP contribution in [0.3, 0.4) is 0 Å². The molecule has 0 spiro atoms. The molecule has 0 bridgehead atoms. The van der Waals surface area contributed by atoms with E-state index in [2.05, 4.69) is 31.9 Å². The molecule has 2 aromatic carbocycles. The summed E-state index contributed by atoms with van der Waals surface area (Å²) in [5.74, 6) is -0.201. The van der Waals surface area contributed by atoms with E-state index in [-0.39, 0.29) is 11.9 Å². The fourth-order valence-electron chi connectivity index (χ4n) is 2.02.